The monoisotopic (exact) mass is 300 g/mol. The number of carbonyl (C=O) groups excluding carboxylic acids is 1. The molecule has 0 radical (unpaired) electrons. The number of aliphatic hydroxyl groups is 1. The lowest BCUT2D eigenvalue weighted by molar-refractivity contribution is 0.0587. The zero-order valence-corrected chi connectivity index (χ0v) is 12.6. The topological polar surface area (TPSA) is 71.5 Å². The summed E-state index contributed by atoms with van der Waals surface area (Å²) < 4.78 is 4.82. The number of hydrogen-bond donors (Lipinski definition) is 2. The molecular formula is C14H21ClN2O3. The van der Waals surface area contributed by atoms with E-state index in [9.17, 15) is 9.90 Å². The third-order valence-corrected chi connectivity index (χ3v) is 2.93. The van der Waals surface area contributed by atoms with E-state index in [0.717, 1.165) is 18.5 Å². The minimum Gasteiger partial charge on any atom is -0.391 e. The highest BCUT2D eigenvalue weighted by atomic mass is 35.5. The fraction of sp³-hybridized carbons (Fsp3) is 0.571. The van der Waals surface area contributed by atoms with Crippen LogP contribution in [0.25, 0.3) is 0 Å². The van der Waals surface area contributed by atoms with Gasteiger partial charge in [0.25, 0.3) is 5.91 Å². The number of aliphatic hydroxyl groups excluding tert-OH is 1. The van der Waals surface area contributed by atoms with Crippen molar-refractivity contribution in [3.63, 3.8) is 0 Å². The first-order valence-corrected chi connectivity index (χ1v) is 7.06. The summed E-state index contributed by atoms with van der Waals surface area (Å²) in [5, 5.41) is 12.5. The van der Waals surface area contributed by atoms with Gasteiger partial charge in [-0.1, -0.05) is 24.9 Å². The molecule has 0 aliphatic heterocycles. The summed E-state index contributed by atoms with van der Waals surface area (Å²) in [5.41, 5.74) is 1.30. The zero-order valence-electron chi connectivity index (χ0n) is 11.9. The largest absolute Gasteiger partial charge is 0.391 e. The Balaban J connectivity index is 2.54. The molecule has 2 N–H and O–H groups in total. The highest BCUT2D eigenvalue weighted by molar-refractivity contribution is 6.29. The van der Waals surface area contributed by atoms with E-state index in [1.165, 1.54) is 7.11 Å². The summed E-state index contributed by atoms with van der Waals surface area (Å²) in [5.74, 6) is -0.212. The van der Waals surface area contributed by atoms with Crippen LogP contribution in [0.15, 0.2) is 12.1 Å². The Morgan fingerprint density at radius 3 is 2.95 bits per heavy atom. The predicted molar refractivity (Wildman–Crippen MR) is 78.1 cm³/mol. The van der Waals surface area contributed by atoms with Gasteiger partial charge in [0, 0.05) is 24.9 Å². The van der Waals surface area contributed by atoms with E-state index in [0.29, 0.717) is 23.7 Å². The van der Waals surface area contributed by atoms with Crippen molar-refractivity contribution in [3.8, 4) is 0 Å². The molecule has 0 aliphatic rings. The standard InChI is InChI=1S/C14H21ClN2O3/c1-3-4-11-7-10(8-13(15)17-11)14(19)16-6-5-12(18)9-20-2/h7-8,12,18H,3-6,9H2,1-2H3,(H,16,19). The lowest BCUT2D eigenvalue weighted by Crippen LogP contribution is -2.28. The maximum Gasteiger partial charge on any atom is 0.251 e. The van der Waals surface area contributed by atoms with Gasteiger partial charge in [-0.3, -0.25) is 4.79 Å². The van der Waals surface area contributed by atoms with Crippen molar-refractivity contribution in [1.29, 1.82) is 0 Å². The predicted octanol–water partition coefficient (Wildman–Crippen LogP) is 1.81. The van der Waals surface area contributed by atoms with Gasteiger partial charge < -0.3 is 15.2 Å². The summed E-state index contributed by atoms with van der Waals surface area (Å²) in [6.07, 6.45) is 1.60. The molecule has 0 saturated heterocycles. The van der Waals surface area contributed by atoms with Gasteiger partial charge in [0.2, 0.25) is 0 Å². The van der Waals surface area contributed by atoms with E-state index < -0.39 is 6.10 Å². The van der Waals surface area contributed by atoms with Crippen LogP contribution < -0.4 is 5.32 Å². The van der Waals surface area contributed by atoms with E-state index in [4.69, 9.17) is 16.3 Å². The van der Waals surface area contributed by atoms with Gasteiger partial charge in [0.05, 0.1) is 12.7 Å². The third-order valence-electron chi connectivity index (χ3n) is 2.74. The van der Waals surface area contributed by atoms with Crippen LogP contribution in [0.1, 0.15) is 35.8 Å². The van der Waals surface area contributed by atoms with Gasteiger partial charge in [0.15, 0.2) is 0 Å². The zero-order chi connectivity index (χ0) is 15.0. The quantitative estimate of drug-likeness (QED) is 0.718. The Kier molecular flexibility index (Phi) is 7.51. The van der Waals surface area contributed by atoms with Gasteiger partial charge in [0.1, 0.15) is 5.15 Å². The molecule has 0 bridgehead atoms. The van der Waals surface area contributed by atoms with Crippen molar-refractivity contribution >= 4 is 17.5 Å². The van der Waals surface area contributed by atoms with E-state index >= 15 is 0 Å². The van der Waals surface area contributed by atoms with Crippen LogP contribution in [0.3, 0.4) is 0 Å². The second-order valence-corrected chi connectivity index (χ2v) is 4.96. The number of carbonyl (C=O) groups is 1. The molecule has 0 aromatic carbocycles. The molecule has 0 saturated carbocycles. The average Bonchev–Trinajstić information content (AvgIpc) is 2.38. The van der Waals surface area contributed by atoms with Crippen molar-refractivity contribution in [2.24, 2.45) is 0 Å². The van der Waals surface area contributed by atoms with Gasteiger partial charge in [-0.05, 0) is 25.0 Å². The molecule has 1 heterocycles. The van der Waals surface area contributed by atoms with Gasteiger partial charge in [-0.15, -0.1) is 0 Å². The van der Waals surface area contributed by atoms with Crippen LogP contribution in [0.2, 0.25) is 5.15 Å². The van der Waals surface area contributed by atoms with E-state index in [2.05, 4.69) is 10.3 Å². The second kappa shape index (κ2) is 8.89. The number of ether oxygens (including phenoxy) is 1. The maximum atomic E-state index is 12.0. The molecule has 5 nitrogen and oxygen atoms in total. The molecule has 6 heteroatoms. The molecule has 1 aromatic rings. The van der Waals surface area contributed by atoms with Gasteiger partial charge in [-0.2, -0.15) is 0 Å². The summed E-state index contributed by atoms with van der Waals surface area (Å²) >= 11 is 5.91. The molecule has 1 atom stereocenters. The number of halogens is 1. The van der Waals surface area contributed by atoms with Crippen molar-refractivity contribution in [1.82, 2.24) is 10.3 Å². The summed E-state index contributed by atoms with van der Waals surface area (Å²) in [6.45, 7) is 2.68. The Labute approximate surface area is 124 Å². The smallest absolute Gasteiger partial charge is 0.251 e. The molecular weight excluding hydrogens is 280 g/mol. The van der Waals surface area contributed by atoms with E-state index in [-0.39, 0.29) is 12.5 Å². The fourth-order valence-corrected chi connectivity index (χ4v) is 2.02. The number of nitrogens with zero attached hydrogens (tertiary/aromatic N) is 1. The Hall–Kier alpha value is -1.17. The molecule has 0 aliphatic carbocycles. The lowest BCUT2D eigenvalue weighted by Gasteiger charge is -2.10. The average molecular weight is 301 g/mol. The molecule has 1 amide bonds. The number of aromatic nitrogens is 1. The van der Waals surface area contributed by atoms with Crippen LogP contribution in [0, 0.1) is 0 Å². The first kappa shape index (κ1) is 16.9. The van der Waals surface area contributed by atoms with Gasteiger partial charge >= 0.3 is 0 Å². The van der Waals surface area contributed by atoms with Crippen molar-refractivity contribution < 1.29 is 14.6 Å². The number of hydrogen-bond acceptors (Lipinski definition) is 4. The van der Waals surface area contributed by atoms with Gasteiger partial charge in [-0.25, -0.2) is 4.98 Å². The number of methoxy groups -OCH3 is 1. The molecule has 1 aromatic heterocycles. The SMILES string of the molecule is CCCc1cc(C(=O)NCCC(O)COC)cc(Cl)n1. The number of pyridine rings is 1. The Morgan fingerprint density at radius 1 is 1.55 bits per heavy atom. The molecule has 1 rings (SSSR count). The number of aryl methyl sites for hydroxylation is 1. The fourth-order valence-electron chi connectivity index (χ4n) is 1.80. The van der Waals surface area contributed by atoms with E-state index in [1.54, 1.807) is 12.1 Å². The van der Waals surface area contributed by atoms with Crippen LogP contribution in [-0.2, 0) is 11.2 Å². The molecule has 1 unspecified atom stereocenters. The number of nitrogens with one attached hydrogen (secondary N) is 1. The number of rotatable bonds is 8. The third kappa shape index (κ3) is 5.86. The van der Waals surface area contributed by atoms with Crippen LogP contribution in [-0.4, -0.2) is 42.4 Å². The highest BCUT2D eigenvalue weighted by Gasteiger charge is 2.10. The minimum atomic E-state index is -0.572. The first-order chi connectivity index (χ1) is 9.56. The molecule has 20 heavy (non-hydrogen) atoms. The maximum absolute atomic E-state index is 12.0. The minimum absolute atomic E-state index is 0.212. The Bertz CT molecular complexity index is 440. The summed E-state index contributed by atoms with van der Waals surface area (Å²) in [6, 6.07) is 3.29. The van der Waals surface area contributed by atoms with Crippen molar-refractivity contribution in [3.05, 3.63) is 28.5 Å². The lowest BCUT2D eigenvalue weighted by atomic mass is 10.1. The summed E-state index contributed by atoms with van der Waals surface area (Å²) in [7, 11) is 1.52. The Morgan fingerprint density at radius 2 is 2.30 bits per heavy atom. The highest BCUT2D eigenvalue weighted by Crippen LogP contribution is 2.12. The number of amides is 1. The van der Waals surface area contributed by atoms with E-state index in [1.807, 2.05) is 6.92 Å². The summed E-state index contributed by atoms with van der Waals surface area (Å²) in [4.78, 5) is 16.2. The molecule has 112 valence electrons. The first-order valence-electron chi connectivity index (χ1n) is 6.68. The van der Waals surface area contributed by atoms with Crippen LogP contribution >= 0.6 is 11.6 Å². The molecule has 0 fully saturated rings. The molecule has 0 spiro atoms. The van der Waals surface area contributed by atoms with Crippen molar-refractivity contribution in [2.75, 3.05) is 20.3 Å². The second-order valence-electron chi connectivity index (χ2n) is 4.57. The van der Waals surface area contributed by atoms with Crippen molar-refractivity contribution in [2.45, 2.75) is 32.3 Å². The van der Waals surface area contributed by atoms with Crippen LogP contribution in [0.5, 0.6) is 0 Å². The normalized spacial score (nSPS) is 12.2. The van der Waals surface area contributed by atoms with Crippen LogP contribution in [0.4, 0.5) is 0 Å².